The van der Waals surface area contributed by atoms with Crippen molar-refractivity contribution in [3.05, 3.63) is 78.0 Å². The van der Waals surface area contributed by atoms with Crippen LogP contribution in [0.25, 0.3) is 0 Å². The van der Waals surface area contributed by atoms with Crippen molar-refractivity contribution in [2.75, 3.05) is 11.0 Å². The molecular formula is C19H17FN4O4S. The average molecular weight is 416 g/mol. The Morgan fingerprint density at radius 3 is 2.45 bits per heavy atom. The third kappa shape index (κ3) is 5.98. The van der Waals surface area contributed by atoms with E-state index in [4.69, 9.17) is 4.74 Å². The first-order chi connectivity index (χ1) is 13.8. The van der Waals surface area contributed by atoms with Gasteiger partial charge in [0.1, 0.15) is 23.5 Å². The number of rotatable bonds is 7. The number of anilines is 1. The highest BCUT2D eigenvalue weighted by Gasteiger charge is 2.15. The lowest BCUT2D eigenvalue weighted by Gasteiger charge is -2.10. The normalized spacial score (nSPS) is 11.0. The zero-order valence-electron chi connectivity index (χ0n) is 15.3. The Morgan fingerprint density at radius 1 is 1.10 bits per heavy atom. The zero-order valence-corrected chi connectivity index (χ0v) is 16.1. The molecule has 1 heterocycles. The number of nitrogens with zero attached hydrogens (tertiary/aromatic N) is 2. The van der Waals surface area contributed by atoms with Gasteiger partial charge in [0.15, 0.2) is 0 Å². The molecule has 0 radical (unpaired) electrons. The van der Waals surface area contributed by atoms with E-state index < -0.39 is 21.7 Å². The summed E-state index contributed by atoms with van der Waals surface area (Å²) in [5.74, 6) is -0.498. The molecule has 3 aromatic rings. The Bertz CT molecular complexity index is 1100. The van der Waals surface area contributed by atoms with Crippen LogP contribution >= 0.6 is 0 Å². The van der Waals surface area contributed by atoms with Gasteiger partial charge in [-0.05, 0) is 42.0 Å². The number of benzene rings is 2. The molecule has 0 saturated heterocycles. The lowest BCUT2D eigenvalue weighted by atomic mass is 10.2. The second-order valence-corrected chi connectivity index (χ2v) is 7.80. The second-order valence-electron chi connectivity index (χ2n) is 6.05. The number of sulfonamides is 1. The van der Waals surface area contributed by atoms with Gasteiger partial charge in [-0.1, -0.05) is 12.1 Å². The molecule has 10 heteroatoms. The van der Waals surface area contributed by atoms with E-state index in [0.29, 0.717) is 11.4 Å². The Balaban J connectivity index is 1.66. The fourth-order valence-corrected chi connectivity index (χ4v) is 2.92. The molecule has 0 atom stereocenters. The monoisotopic (exact) mass is 416 g/mol. The first-order valence-corrected chi connectivity index (χ1v) is 10.3. The van der Waals surface area contributed by atoms with Gasteiger partial charge in [-0.15, -0.1) is 0 Å². The molecule has 0 spiro atoms. The first kappa shape index (κ1) is 20.2. The van der Waals surface area contributed by atoms with E-state index in [1.54, 1.807) is 24.3 Å². The molecule has 2 aromatic carbocycles. The van der Waals surface area contributed by atoms with Crippen LogP contribution in [0.3, 0.4) is 0 Å². The number of nitrogens with one attached hydrogen (secondary N) is 2. The zero-order chi connectivity index (χ0) is 20.9. The maximum Gasteiger partial charge on any atom is 0.258 e. The minimum absolute atomic E-state index is 0.0387. The van der Waals surface area contributed by atoms with Gasteiger partial charge >= 0.3 is 0 Å². The maximum atomic E-state index is 13.0. The molecule has 8 nitrogen and oxygen atoms in total. The lowest BCUT2D eigenvalue weighted by Crippen LogP contribution is -2.23. The van der Waals surface area contributed by atoms with Gasteiger partial charge in [-0.2, -0.15) is 0 Å². The van der Waals surface area contributed by atoms with E-state index in [1.165, 1.54) is 36.8 Å². The molecule has 1 amide bonds. The van der Waals surface area contributed by atoms with Crippen molar-refractivity contribution in [1.82, 2.24) is 15.3 Å². The van der Waals surface area contributed by atoms with Crippen molar-refractivity contribution < 1.29 is 22.3 Å². The van der Waals surface area contributed by atoms with Crippen LogP contribution in [-0.2, 0) is 16.6 Å². The predicted molar refractivity (Wildman–Crippen MR) is 105 cm³/mol. The van der Waals surface area contributed by atoms with Crippen LogP contribution in [-0.4, -0.2) is 30.5 Å². The molecule has 0 aliphatic carbocycles. The van der Waals surface area contributed by atoms with Crippen LogP contribution in [0.4, 0.5) is 10.1 Å². The van der Waals surface area contributed by atoms with Gasteiger partial charge < -0.3 is 10.1 Å². The summed E-state index contributed by atoms with van der Waals surface area (Å²) < 4.78 is 43.4. The summed E-state index contributed by atoms with van der Waals surface area (Å²) in [6.45, 7) is 0.197. The Kier molecular flexibility index (Phi) is 6.03. The van der Waals surface area contributed by atoms with Gasteiger partial charge in [0.05, 0.1) is 6.26 Å². The summed E-state index contributed by atoms with van der Waals surface area (Å²) in [6, 6.07) is 11.9. The summed E-state index contributed by atoms with van der Waals surface area (Å²) in [4.78, 5) is 20.3. The summed E-state index contributed by atoms with van der Waals surface area (Å²) in [6.07, 6.45) is 3.62. The molecule has 0 aliphatic rings. The molecule has 29 heavy (non-hydrogen) atoms. The number of amides is 1. The quantitative estimate of drug-likeness (QED) is 0.613. The molecule has 2 N–H and O–H groups in total. The highest BCUT2D eigenvalue weighted by atomic mass is 32.2. The molecule has 0 bridgehead atoms. The smallest absolute Gasteiger partial charge is 0.258 e. The number of carbonyl (C=O) groups is 1. The van der Waals surface area contributed by atoms with Crippen molar-refractivity contribution in [2.45, 2.75) is 6.54 Å². The fourth-order valence-electron chi connectivity index (χ4n) is 2.35. The fraction of sp³-hybridized carbons (Fsp3) is 0.105. The van der Waals surface area contributed by atoms with Crippen molar-refractivity contribution in [1.29, 1.82) is 0 Å². The van der Waals surface area contributed by atoms with Crippen LogP contribution in [0.15, 0.2) is 61.1 Å². The van der Waals surface area contributed by atoms with Crippen molar-refractivity contribution >= 4 is 21.6 Å². The summed E-state index contributed by atoms with van der Waals surface area (Å²) >= 11 is 0. The number of halogens is 1. The topological polar surface area (TPSA) is 110 Å². The van der Waals surface area contributed by atoms with E-state index in [9.17, 15) is 17.6 Å². The minimum Gasteiger partial charge on any atom is -0.438 e. The number of hydrogen-bond acceptors (Lipinski definition) is 6. The standard InChI is InChI=1S/C19H17FN4O4S/c1-29(26,27)24-15-6-2-13(3-7-15)10-22-18(25)17-11-21-12-23-19(17)28-16-8-4-14(20)5-9-16/h2-9,11-12,24H,10H2,1H3,(H,22,25). The highest BCUT2D eigenvalue weighted by molar-refractivity contribution is 7.92. The van der Waals surface area contributed by atoms with E-state index in [2.05, 4.69) is 20.0 Å². The van der Waals surface area contributed by atoms with Gasteiger partial charge in [0.2, 0.25) is 15.9 Å². The highest BCUT2D eigenvalue weighted by Crippen LogP contribution is 2.22. The third-order valence-electron chi connectivity index (χ3n) is 3.66. The van der Waals surface area contributed by atoms with E-state index in [1.807, 2.05) is 0 Å². The Hall–Kier alpha value is -3.53. The van der Waals surface area contributed by atoms with E-state index in [0.717, 1.165) is 11.8 Å². The Morgan fingerprint density at radius 2 is 1.79 bits per heavy atom. The molecule has 0 fully saturated rings. The van der Waals surface area contributed by atoms with E-state index in [-0.39, 0.29) is 18.0 Å². The maximum absolute atomic E-state index is 13.0. The predicted octanol–water partition coefficient (Wildman–Crippen LogP) is 2.71. The Labute approximate surface area is 166 Å². The van der Waals surface area contributed by atoms with Gasteiger partial charge in [-0.3, -0.25) is 9.52 Å². The van der Waals surface area contributed by atoms with Crippen LogP contribution in [0.1, 0.15) is 15.9 Å². The minimum atomic E-state index is -3.35. The number of aromatic nitrogens is 2. The molecular weight excluding hydrogens is 399 g/mol. The molecule has 0 saturated carbocycles. The van der Waals surface area contributed by atoms with Crippen LogP contribution in [0, 0.1) is 5.82 Å². The largest absolute Gasteiger partial charge is 0.438 e. The summed E-state index contributed by atoms with van der Waals surface area (Å²) in [5.41, 5.74) is 1.30. The number of hydrogen-bond donors (Lipinski definition) is 2. The van der Waals surface area contributed by atoms with Gasteiger partial charge in [-0.25, -0.2) is 22.8 Å². The van der Waals surface area contributed by atoms with Crippen molar-refractivity contribution in [3.8, 4) is 11.6 Å². The van der Waals surface area contributed by atoms with Gasteiger partial charge in [0.25, 0.3) is 5.91 Å². The SMILES string of the molecule is CS(=O)(=O)Nc1ccc(CNC(=O)c2cncnc2Oc2ccc(F)cc2)cc1. The van der Waals surface area contributed by atoms with Crippen LogP contribution in [0.5, 0.6) is 11.6 Å². The van der Waals surface area contributed by atoms with Gasteiger partial charge in [0, 0.05) is 18.4 Å². The van der Waals surface area contributed by atoms with Crippen LogP contribution in [0.2, 0.25) is 0 Å². The molecule has 0 aliphatic heterocycles. The molecule has 0 unspecified atom stereocenters. The number of ether oxygens (including phenoxy) is 1. The summed E-state index contributed by atoms with van der Waals surface area (Å²) in [5, 5.41) is 2.72. The average Bonchev–Trinajstić information content (AvgIpc) is 2.68. The van der Waals surface area contributed by atoms with Crippen molar-refractivity contribution in [3.63, 3.8) is 0 Å². The number of carbonyl (C=O) groups excluding carboxylic acids is 1. The molecule has 1 aromatic heterocycles. The second kappa shape index (κ2) is 8.65. The van der Waals surface area contributed by atoms with E-state index >= 15 is 0 Å². The lowest BCUT2D eigenvalue weighted by molar-refractivity contribution is 0.0947. The summed E-state index contributed by atoms with van der Waals surface area (Å²) in [7, 11) is -3.35. The first-order valence-electron chi connectivity index (χ1n) is 8.38. The van der Waals surface area contributed by atoms with Crippen LogP contribution < -0.4 is 14.8 Å². The van der Waals surface area contributed by atoms with Crippen molar-refractivity contribution in [2.24, 2.45) is 0 Å². The molecule has 150 valence electrons. The molecule has 3 rings (SSSR count). The third-order valence-corrected chi connectivity index (χ3v) is 4.27.